The van der Waals surface area contributed by atoms with Gasteiger partial charge in [0, 0.05) is 32.9 Å². The third-order valence-corrected chi connectivity index (χ3v) is 5.26. The number of aromatic nitrogens is 2. The molecule has 0 aliphatic carbocycles. The van der Waals surface area contributed by atoms with E-state index in [2.05, 4.69) is 66.1 Å². The SMILES string of the molecule is Bn1c(C)c(C)c2c(-c3ccc(Cl)cc3)c(COC(C)(C)C)c(C)nc21. The summed E-state index contributed by atoms with van der Waals surface area (Å²) in [5.74, 6) is 0. The monoisotopic (exact) mass is 368 g/mol. The van der Waals surface area contributed by atoms with Crippen LogP contribution in [0.25, 0.3) is 22.2 Å². The van der Waals surface area contributed by atoms with E-state index in [1.165, 1.54) is 22.2 Å². The van der Waals surface area contributed by atoms with Crippen molar-refractivity contribution in [1.29, 1.82) is 0 Å². The molecule has 136 valence electrons. The Balaban J connectivity index is 2.34. The van der Waals surface area contributed by atoms with E-state index < -0.39 is 0 Å². The fourth-order valence-electron chi connectivity index (χ4n) is 3.32. The first kappa shape index (κ1) is 19.0. The molecule has 2 aromatic heterocycles. The van der Waals surface area contributed by atoms with Crippen LogP contribution >= 0.6 is 11.6 Å². The average Bonchev–Trinajstić information content (AvgIpc) is 2.77. The molecule has 0 unspecified atom stereocenters. The zero-order chi connectivity index (χ0) is 19.2. The Morgan fingerprint density at radius 2 is 1.73 bits per heavy atom. The van der Waals surface area contributed by atoms with Crippen LogP contribution in [0.2, 0.25) is 5.02 Å². The van der Waals surface area contributed by atoms with Gasteiger partial charge in [0.25, 0.3) is 0 Å². The summed E-state index contributed by atoms with van der Waals surface area (Å²) in [6.45, 7) is 13.1. The molecule has 0 spiro atoms. The number of benzene rings is 1. The van der Waals surface area contributed by atoms with E-state index in [-0.39, 0.29) is 5.60 Å². The number of hydrogen-bond donors (Lipinski definition) is 0. The molecule has 2 heterocycles. The van der Waals surface area contributed by atoms with Crippen LogP contribution in [0, 0.1) is 20.8 Å². The van der Waals surface area contributed by atoms with Gasteiger partial charge in [0.05, 0.1) is 12.2 Å². The fourth-order valence-corrected chi connectivity index (χ4v) is 3.44. The van der Waals surface area contributed by atoms with Gasteiger partial charge in [-0.05, 0) is 64.8 Å². The highest BCUT2D eigenvalue weighted by atomic mass is 35.5. The van der Waals surface area contributed by atoms with E-state index in [0.29, 0.717) is 6.61 Å². The zero-order valence-electron chi connectivity index (χ0n) is 16.7. The average molecular weight is 369 g/mol. The standard InChI is InChI=1S/C21H26BClN2O/c1-12-14(3)25(22)20-18(12)19(15-7-9-16(23)10-8-15)17(13(2)24-20)11-26-21(4,5)6/h7-10H,11,22H2,1-6H3. The lowest BCUT2D eigenvalue weighted by atomic mass is 9.94. The lowest BCUT2D eigenvalue weighted by Gasteiger charge is -2.22. The maximum absolute atomic E-state index is 6.14. The number of aryl methyl sites for hydroxylation is 2. The normalized spacial score (nSPS) is 12.1. The van der Waals surface area contributed by atoms with Crippen LogP contribution in [-0.4, -0.2) is 23.0 Å². The van der Waals surface area contributed by atoms with Crippen LogP contribution in [0.5, 0.6) is 0 Å². The van der Waals surface area contributed by atoms with Crippen molar-refractivity contribution in [1.82, 2.24) is 9.46 Å². The van der Waals surface area contributed by atoms with Crippen LogP contribution in [0.1, 0.15) is 43.3 Å². The molecule has 0 aliphatic rings. The number of pyridine rings is 1. The summed E-state index contributed by atoms with van der Waals surface area (Å²) in [7, 11) is 2.08. The predicted octanol–water partition coefficient (Wildman–Crippen LogP) is 4.99. The molecule has 0 aliphatic heterocycles. The van der Waals surface area contributed by atoms with Crippen LogP contribution in [0.15, 0.2) is 24.3 Å². The van der Waals surface area contributed by atoms with Crippen molar-refractivity contribution >= 4 is 30.6 Å². The molecule has 3 aromatic rings. The second-order valence-electron chi connectivity index (χ2n) is 7.93. The molecular weight excluding hydrogens is 343 g/mol. The van der Waals surface area contributed by atoms with Crippen molar-refractivity contribution in [2.45, 2.75) is 53.8 Å². The summed E-state index contributed by atoms with van der Waals surface area (Å²) in [6, 6.07) is 8.05. The van der Waals surface area contributed by atoms with Crippen LogP contribution in [0.3, 0.4) is 0 Å². The van der Waals surface area contributed by atoms with Gasteiger partial charge in [-0.2, -0.15) is 0 Å². The third-order valence-electron chi connectivity index (χ3n) is 5.01. The van der Waals surface area contributed by atoms with E-state index in [9.17, 15) is 0 Å². The Hall–Kier alpha value is -1.78. The van der Waals surface area contributed by atoms with Gasteiger partial charge in [0.1, 0.15) is 5.65 Å². The van der Waals surface area contributed by atoms with Gasteiger partial charge in [-0.1, -0.05) is 23.7 Å². The second-order valence-corrected chi connectivity index (χ2v) is 8.36. The topological polar surface area (TPSA) is 27.1 Å². The highest BCUT2D eigenvalue weighted by molar-refractivity contribution is 6.30. The number of nitrogens with zero attached hydrogens (tertiary/aromatic N) is 2. The van der Waals surface area contributed by atoms with Crippen molar-refractivity contribution in [2.24, 2.45) is 0 Å². The van der Waals surface area contributed by atoms with Crippen LogP contribution in [-0.2, 0) is 11.3 Å². The number of ether oxygens (including phenoxy) is 1. The first-order chi connectivity index (χ1) is 12.1. The van der Waals surface area contributed by atoms with Gasteiger partial charge in [-0.15, -0.1) is 0 Å². The highest BCUT2D eigenvalue weighted by Gasteiger charge is 2.22. The molecule has 26 heavy (non-hydrogen) atoms. The molecule has 0 amide bonds. The molecule has 3 rings (SSSR count). The molecule has 0 fully saturated rings. The molecule has 0 bridgehead atoms. The van der Waals surface area contributed by atoms with Gasteiger partial charge in [0.15, 0.2) is 0 Å². The van der Waals surface area contributed by atoms with E-state index in [1.54, 1.807) is 0 Å². The van der Waals surface area contributed by atoms with E-state index in [4.69, 9.17) is 21.3 Å². The highest BCUT2D eigenvalue weighted by Crippen LogP contribution is 2.38. The summed E-state index contributed by atoms with van der Waals surface area (Å²) in [5.41, 5.74) is 7.80. The van der Waals surface area contributed by atoms with Crippen molar-refractivity contribution in [3.05, 3.63) is 51.8 Å². The van der Waals surface area contributed by atoms with Crippen molar-refractivity contribution in [2.75, 3.05) is 0 Å². The third kappa shape index (κ3) is 3.41. The first-order valence-electron chi connectivity index (χ1n) is 8.95. The Bertz CT molecular complexity index is 969. The maximum Gasteiger partial charge on any atom is 0.225 e. The quantitative estimate of drug-likeness (QED) is 0.609. The van der Waals surface area contributed by atoms with E-state index in [1.807, 2.05) is 12.1 Å². The molecule has 1 aromatic carbocycles. The minimum atomic E-state index is -0.208. The van der Waals surface area contributed by atoms with Crippen molar-refractivity contribution < 1.29 is 4.74 Å². The summed E-state index contributed by atoms with van der Waals surface area (Å²) in [5, 5.41) is 1.94. The molecule has 5 heteroatoms. The first-order valence-corrected chi connectivity index (χ1v) is 9.33. The Morgan fingerprint density at radius 3 is 2.31 bits per heavy atom. The zero-order valence-corrected chi connectivity index (χ0v) is 17.5. The Labute approximate surface area is 161 Å². The molecule has 0 N–H and O–H groups in total. The summed E-state index contributed by atoms with van der Waals surface area (Å²) in [6.07, 6.45) is 0. The van der Waals surface area contributed by atoms with Crippen molar-refractivity contribution in [3.63, 3.8) is 0 Å². The minimum Gasteiger partial charge on any atom is -0.382 e. The molecule has 0 saturated carbocycles. The van der Waals surface area contributed by atoms with Gasteiger partial charge < -0.3 is 9.21 Å². The number of rotatable bonds is 3. The number of hydrogen-bond acceptors (Lipinski definition) is 2. The maximum atomic E-state index is 6.14. The number of fused-ring (bicyclic) bond motifs is 1. The lowest BCUT2D eigenvalue weighted by molar-refractivity contribution is -0.0150. The predicted molar refractivity (Wildman–Crippen MR) is 113 cm³/mol. The molecule has 0 atom stereocenters. The van der Waals surface area contributed by atoms with Gasteiger partial charge in [-0.25, -0.2) is 4.98 Å². The van der Waals surface area contributed by atoms with Gasteiger partial charge in [0.2, 0.25) is 7.98 Å². The fraction of sp³-hybridized carbons (Fsp3) is 0.381. The summed E-state index contributed by atoms with van der Waals surface area (Å²) >= 11 is 6.13. The Morgan fingerprint density at radius 1 is 1.12 bits per heavy atom. The largest absolute Gasteiger partial charge is 0.382 e. The van der Waals surface area contributed by atoms with Crippen molar-refractivity contribution in [3.8, 4) is 11.1 Å². The van der Waals surface area contributed by atoms with E-state index in [0.717, 1.165) is 27.5 Å². The summed E-state index contributed by atoms with van der Waals surface area (Å²) in [4.78, 5) is 4.92. The minimum absolute atomic E-state index is 0.208. The Kier molecular flexibility index (Phi) is 4.93. The second kappa shape index (κ2) is 6.75. The van der Waals surface area contributed by atoms with Crippen LogP contribution in [0.4, 0.5) is 0 Å². The van der Waals surface area contributed by atoms with E-state index >= 15 is 0 Å². The molecular formula is C21H26BClN2O. The smallest absolute Gasteiger partial charge is 0.225 e. The van der Waals surface area contributed by atoms with Gasteiger partial charge >= 0.3 is 0 Å². The molecule has 3 nitrogen and oxygen atoms in total. The lowest BCUT2D eigenvalue weighted by Crippen LogP contribution is -2.19. The number of halogens is 1. The molecule has 0 radical (unpaired) electrons. The van der Waals surface area contributed by atoms with Crippen LogP contribution < -0.4 is 0 Å². The van der Waals surface area contributed by atoms with Gasteiger partial charge in [-0.3, -0.25) is 0 Å². The molecule has 0 saturated heterocycles. The summed E-state index contributed by atoms with van der Waals surface area (Å²) < 4.78 is 8.31.